The van der Waals surface area contributed by atoms with Crippen LogP contribution in [0.25, 0.3) is 0 Å². The predicted molar refractivity (Wildman–Crippen MR) is 77.1 cm³/mol. The van der Waals surface area contributed by atoms with E-state index in [2.05, 4.69) is 10.3 Å². The van der Waals surface area contributed by atoms with Crippen molar-refractivity contribution in [2.45, 2.75) is 6.92 Å². The van der Waals surface area contributed by atoms with Crippen molar-refractivity contribution in [2.24, 2.45) is 4.99 Å². The molecular weight excluding hydrogens is 296 g/mol. The molecule has 18 heavy (non-hydrogen) atoms. The summed E-state index contributed by atoms with van der Waals surface area (Å²) in [7, 11) is 0. The van der Waals surface area contributed by atoms with E-state index in [-0.39, 0.29) is 12.4 Å². The Balaban J connectivity index is 0.00000162. The highest BCUT2D eigenvalue weighted by Gasteiger charge is 2.19. The van der Waals surface area contributed by atoms with E-state index in [1.807, 2.05) is 6.92 Å². The molecule has 0 amide bonds. The molecule has 0 aromatic heterocycles. The number of hydrogen-bond donors (Lipinski definition) is 1. The molecule has 2 rings (SSSR count). The first-order valence-corrected chi connectivity index (χ1v) is 6.15. The standard InChI is InChI=1S/C11H13Cl2N3O.ClH/c1-2-17-16-7-6-14-11(16)15-10-8(12)4-3-5-9(10)13;/h3-5H,2,6-7H2,1H3,(H,14,15);1H. The number of guanidine groups is 1. The third-order valence-corrected chi connectivity index (χ3v) is 2.88. The van der Waals surface area contributed by atoms with Crippen LogP contribution in [0.5, 0.6) is 0 Å². The van der Waals surface area contributed by atoms with Gasteiger partial charge in [0, 0.05) is 6.54 Å². The molecule has 1 aliphatic heterocycles. The third kappa shape index (κ3) is 3.42. The van der Waals surface area contributed by atoms with Gasteiger partial charge in [0.15, 0.2) is 0 Å². The zero-order valence-electron chi connectivity index (χ0n) is 9.82. The minimum atomic E-state index is 0. The minimum absolute atomic E-state index is 0. The average Bonchev–Trinajstić information content (AvgIpc) is 2.72. The number of nitrogens with zero attached hydrogens (tertiary/aromatic N) is 2. The molecule has 1 heterocycles. The molecule has 100 valence electrons. The molecule has 0 bridgehead atoms. The van der Waals surface area contributed by atoms with Crippen LogP contribution in [0.15, 0.2) is 23.2 Å². The van der Waals surface area contributed by atoms with Gasteiger partial charge in [-0.2, -0.15) is 0 Å². The van der Waals surface area contributed by atoms with Gasteiger partial charge >= 0.3 is 0 Å². The summed E-state index contributed by atoms with van der Waals surface area (Å²) in [5.74, 6) is 0.641. The SMILES string of the molecule is CCON1CCN/C1=N\c1c(Cl)cccc1Cl.Cl. The molecule has 1 fully saturated rings. The third-order valence-electron chi connectivity index (χ3n) is 2.27. The van der Waals surface area contributed by atoms with Gasteiger partial charge in [0.1, 0.15) is 5.69 Å². The van der Waals surface area contributed by atoms with E-state index >= 15 is 0 Å². The topological polar surface area (TPSA) is 36.9 Å². The predicted octanol–water partition coefficient (Wildman–Crippen LogP) is 3.26. The van der Waals surface area contributed by atoms with Crippen LogP contribution in [0.2, 0.25) is 10.0 Å². The molecule has 0 spiro atoms. The average molecular weight is 311 g/mol. The van der Waals surface area contributed by atoms with Gasteiger partial charge in [0.05, 0.1) is 23.2 Å². The van der Waals surface area contributed by atoms with Gasteiger partial charge in [-0.25, -0.2) is 10.1 Å². The monoisotopic (exact) mass is 309 g/mol. The normalized spacial score (nSPS) is 16.6. The quantitative estimate of drug-likeness (QED) is 0.931. The van der Waals surface area contributed by atoms with E-state index in [1.54, 1.807) is 23.3 Å². The smallest absolute Gasteiger partial charge is 0.223 e. The van der Waals surface area contributed by atoms with Gasteiger partial charge in [0.25, 0.3) is 0 Å². The molecule has 1 aromatic rings. The summed E-state index contributed by atoms with van der Waals surface area (Å²) >= 11 is 12.1. The molecule has 4 nitrogen and oxygen atoms in total. The Hall–Kier alpha value is -0.680. The largest absolute Gasteiger partial charge is 0.352 e. The van der Waals surface area contributed by atoms with Crippen LogP contribution in [-0.4, -0.2) is 30.7 Å². The Kier molecular flexibility index (Phi) is 6.02. The van der Waals surface area contributed by atoms with Crippen LogP contribution in [0.1, 0.15) is 6.92 Å². The highest BCUT2D eigenvalue weighted by Crippen LogP contribution is 2.32. The van der Waals surface area contributed by atoms with E-state index in [9.17, 15) is 0 Å². The maximum Gasteiger partial charge on any atom is 0.223 e. The molecule has 0 saturated carbocycles. The van der Waals surface area contributed by atoms with Crippen LogP contribution in [0, 0.1) is 0 Å². The summed E-state index contributed by atoms with van der Waals surface area (Å²) in [6.45, 7) is 4.07. The molecule has 1 saturated heterocycles. The van der Waals surface area contributed by atoms with Crippen molar-refractivity contribution in [3.63, 3.8) is 0 Å². The van der Waals surface area contributed by atoms with Gasteiger partial charge < -0.3 is 5.32 Å². The van der Waals surface area contributed by atoms with Crippen LogP contribution in [0.3, 0.4) is 0 Å². The van der Waals surface area contributed by atoms with Gasteiger partial charge in [-0.1, -0.05) is 29.3 Å². The highest BCUT2D eigenvalue weighted by molar-refractivity contribution is 6.38. The second-order valence-corrected chi connectivity index (χ2v) is 4.27. The second-order valence-electron chi connectivity index (χ2n) is 3.45. The van der Waals surface area contributed by atoms with Crippen molar-refractivity contribution in [3.8, 4) is 0 Å². The number of rotatable bonds is 3. The summed E-state index contributed by atoms with van der Waals surface area (Å²) in [5, 5.41) is 5.88. The Morgan fingerprint density at radius 2 is 2.06 bits per heavy atom. The van der Waals surface area contributed by atoms with Crippen molar-refractivity contribution in [1.29, 1.82) is 0 Å². The lowest BCUT2D eigenvalue weighted by Gasteiger charge is -2.15. The Labute approximate surface area is 122 Å². The number of benzene rings is 1. The molecule has 0 radical (unpaired) electrons. The Bertz CT molecular complexity index is 419. The van der Waals surface area contributed by atoms with Crippen LogP contribution < -0.4 is 5.32 Å². The lowest BCUT2D eigenvalue weighted by atomic mass is 10.3. The van der Waals surface area contributed by atoms with E-state index in [1.165, 1.54) is 0 Å². The molecule has 0 aliphatic carbocycles. The van der Waals surface area contributed by atoms with Crippen molar-refractivity contribution in [3.05, 3.63) is 28.2 Å². The molecule has 0 unspecified atom stereocenters. The van der Waals surface area contributed by atoms with Crippen LogP contribution in [-0.2, 0) is 4.84 Å². The molecular formula is C11H14Cl3N3O. The summed E-state index contributed by atoms with van der Waals surface area (Å²) in [5.41, 5.74) is 0.560. The van der Waals surface area contributed by atoms with E-state index < -0.39 is 0 Å². The zero-order valence-corrected chi connectivity index (χ0v) is 12.1. The van der Waals surface area contributed by atoms with Gasteiger partial charge in [-0.15, -0.1) is 12.4 Å². The number of aliphatic imine (C=N–C) groups is 1. The van der Waals surface area contributed by atoms with E-state index in [0.717, 1.165) is 13.1 Å². The van der Waals surface area contributed by atoms with Gasteiger partial charge in [-0.3, -0.25) is 4.84 Å². The van der Waals surface area contributed by atoms with Crippen molar-refractivity contribution >= 4 is 47.3 Å². The number of nitrogens with one attached hydrogen (secondary N) is 1. The van der Waals surface area contributed by atoms with Crippen molar-refractivity contribution in [1.82, 2.24) is 10.4 Å². The Morgan fingerprint density at radius 3 is 2.67 bits per heavy atom. The minimum Gasteiger partial charge on any atom is -0.352 e. The maximum absolute atomic E-state index is 6.05. The second kappa shape index (κ2) is 7.04. The first-order valence-electron chi connectivity index (χ1n) is 5.39. The summed E-state index contributed by atoms with van der Waals surface area (Å²) in [6.07, 6.45) is 0. The molecule has 0 atom stereocenters. The van der Waals surface area contributed by atoms with Gasteiger partial charge in [0.2, 0.25) is 5.96 Å². The number of halogens is 3. The van der Waals surface area contributed by atoms with Crippen molar-refractivity contribution in [2.75, 3.05) is 19.7 Å². The van der Waals surface area contributed by atoms with Crippen LogP contribution >= 0.6 is 35.6 Å². The number of para-hydroxylation sites is 1. The van der Waals surface area contributed by atoms with E-state index in [4.69, 9.17) is 28.0 Å². The number of hydrogen-bond acceptors (Lipinski definition) is 2. The lowest BCUT2D eigenvalue weighted by molar-refractivity contribution is -0.0837. The highest BCUT2D eigenvalue weighted by atomic mass is 35.5. The van der Waals surface area contributed by atoms with E-state index in [0.29, 0.717) is 28.3 Å². The fraction of sp³-hybridized carbons (Fsp3) is 0.364. The summed E-state index contributed by atoms with van der Waals surface area (Å²) in [4.78, 5) is 9.82. The molecule has 7 heteroatoms. The molecule has 1 aliphatic rings. The first-order chi connectivity index (χ1) is 8.22. The summed E-state index contributed by atoms with van der Waals surface area (Å²) in [6, 6.07) is 5.30. The molecule has 1 N–H and O–H groups in total. The fourth-order valence-electron chi connectivity index (χ4n) is 1.54. The van der Waals surface area contributed by atoms with Crippen LogP contribution in [0.4, 0.5) is 5.69 Å². The summed E-state index contributed by atoms with van der Waals surface area (Å²) < 4.78 is 0. The zero-order chi connectivity index (χ0) is 12.3. The number of hydroxylamine groups is 2. The molecule has 1 aromatic carbocycles. The fourth-order valence-corrected chi connectivity index (χ4v) is 2.02. The maximum atomic E-state index is 6.05. The van der Waals surface area contributed by atoms with Crippen molar-refractivity contribution < 1.29 is 4.84 Å². The lowest BCUT2D eigenvalue weighted by Crippen LogP contribution is -2.30. The van der Waals surface area contributed by atoms with Gasteiger partial charge in [-0.05, 0) is 19.1 Å². The Morgan fingerprint density at radius 1 is 1.39 bits per heavy atom. The first kappa shape index (κ1) is 15.4.